The topological polar surface area (TPSA) is 21.3 Å². The summed E-state index contributed by atoms with van der Waals surface area (Å²) in [6.07, 6.45) is 0. The van der Waals surface area contributed by atoms with E-state index in [1.54, 1.807) is 0 Å². The van der Waals surface area contributed by atoms with E-state index in [1.807, 2.05) is 6.07 Å². The van der Waals surface area contributed by atoms with E-state index in [0.717, 1.165) is 50.2 Å². The predicted octanol–water partition coefficient (Wildman–Crippen LogP) is 13.6. The van der Waals surface area contributed by atoms with E-state index in [0.29, 0.717) is 0 Å². The molecule has 3 heteroatoms. The summed E-state index contributed by atoms with van der Waals surface area (Å²) in [6.45, 7) is 0. The quantitative estimate of drug-likeness (QED) is 0.177. The molecule has 0 unspecified atom stereocenters. The zero-order valence-corrected chi connectivity index (χ0v) is 27.6. The molecule has 0 saturated heterocycles. The fourth-order valence-corrected chi connectivity index (χ4v) is 8.40. The van der Waals surface area contributed by atoms with E-state index in [1.165, 1.54) is 48.6 Å². The Labute approximate surface area is 293 Å². The molecular weight excluding hydrogens is 621 g/mol. The third kappa shape index (κ3) is 4.06. The molecule has 0 aliphatic rings. The Morgan fingerprint density at radius 1 is 0.373 bits per heavy atom. The fourth-order valence-electron chi connectivity index (χ4n) is 8.40. The lowest BCUT2D eigenvalue weighted by Gasteiger charge is -2.29. The molecule has 238 valence electrons. The Morgan fingerprint density at radius 3 is 1.88 bits per heavy atom. The highest BCUT2D eigenvalue weighted by Crippen LogP contribution is 2.50. The number of rotatable bonds is 4. The van der Waals surface area contributed by atoms with Crippen LogP contribution in [0.4, 0.5) is 17.1 Å². The van der Waals surface area contributed by atoms with Gasteiger partial charge in [0.05, 0.1) is 33.5 Å². The molecule has 2 aromatic heterocycles. The van der Waals surface area contributed by atoms with Crippen LogP contribution in [0.2, 0.25) is 0 Å². The molecule has 0 amide bonds. The number of nitrogens with zero attached hydrogens (tertiary/aromatic N) is 2. The zero-order valence-electron chi connectivity index (χ0n) is 27.6. The summed E-state index contributed by atoms with van der Waals surface area (Å²) >= 11 is 0. The normalized spacial score (nSPS) is 11.9. The first-order chi connectivity index (χ1) is 25.3. The standard InChI is InChI=1S/C48H30N2O/c1-2-15-33(16-3-1)49-40-23-10-8-19-36(40)38-22-12-25-42(48(38)49)50(41-24-13-27-45-47(41)39-21-9-11-26-44(39)51-45)43-30-32-29-28-31-14-4-5-17-34(31)46(32)37-20-7-6-18-35(37)43/h1-30H. The van der Waals surface area contributed by atoms with Crippen molar-refractivity contribution in [2.24, 2.45) is 0 Å². The lowest BCUT2D eigenvalue weighted by molar-refractivity contribution is 0.669. The van der Waals surface area contributed by atoms with Gasteiger partial charge in [-0.3, -0.25) is 0 Å². The molecule has 0 aliphatic heterocycles. The average molecular weight is 651 g/mol. The van der Waals surface area contributed by atoms with Gasteiger partial charge in [0.25, 0.3) is 0 Å². The Kier molecular flexibility index (Phi) is 5.96. The van der Waals surface area contributed by atoms with Gasteiger partial charge in [0.15, 0.2) is 0 Å². The molecule has 11 rings (SSSR count). The van der Waals surface area contributed by atoms with Gasteiger partial charge in [-0.25, -0.2) is 0 Å². The van der Waals surface area contributed by atoms with Gasteiger partial charge in [0, 0.05) is 27.2 Å². The molecule has 0 atom stereocenters. The van der Waals surface area contributed by atoms with Crippen molar-refractivity contribution in [1.82, 2.24) is 4.57 Å². The van der Waals surface area contributed by atoms with Crippen LogP contribution in [0.5, 0.6) is 0 Å². The molecule has 51 heavy (non-hydrogen) atoms. The van der Waals surface area contributed by atoms with E-state index in [9.17, 15) is 0 Å². The lowest BCUT2D eigenvalue weighted by Crippen LogP contribution is -2.13. The van der Waals surface area contributed by atoms with Crippen molar-refractivity contribution in [3.63, 3.8) is 0 Å². The third-order valence-electron chi connectivity index (χ3n) is 10.5. The summed E-state index contributed by atoms with van der Waals surface area (Å²) in [5.41, 5.74) is 8.47. The number of hydrogen-bond acceptors (Lipinski definition) is 2. The summed E-state index contributed by atoms with van der Waals surface area (Å²) in [7, 11) is 0. The van der Waals surface area contributed by atoms with E-state index in [4.69, 9.17) is 4.42 Å². The molecule has 3 nitrogen and oxygen atoms in total. The number of benzene rings is 9. The second-order valence-corrected chi connectivity index (χ2v) is 13.3. The minimum atomic E-state index is 0.866. The van der Waals surface area contributed by atoms with Crippen molar-refractivity contribution in [2.75, 3.05) is 4.90 Å². The van der Waals surface area contributed by atoms with Crippen LogP contribution in [0, 0.1) is 0 Å². The molecule has 0 aliphatic carbocycles. The van der Waals surface area contributed by atoms with Gasteiger partial charge in [-0.1, -0.05) is 133 Å². The maximum atomic E-state index is 6.52. The average Bonchev–Trinajstić information content (AvgIpc) is 3.75. The van der Waals surface area contributed by atoms with Crippen LogP contribution in [0.1, 0.15) is 0 Å². The molecule has 0 spiro atoms. The fraction of sp³-hybridized carbons (Fsp3) is 0. The maximum absolute atomic E-state index is 6.52. The summed E-state index contributed by atoms with van der Waals surface area (Å²) in [5, 5.41) is 12.0. The van der Waals surface area contributed by atoms with E-state index in [2.05, 4.69) is 185 Å². The van der Waals surface area contributed by atoms with Crippen molar-refractivity contribution < 1.29 is 4.42 Å². The number of fused-ring (bicyclic) bond motifs is 11. The van der Waals surface area contributed by atoms with Crippen LogP contribution in [-0.2, 0) is 0 Å². The first-order valence-electron chi connectivity index (χ1n) is 17.4. The second-order valence-electron chi connectivity index (χ2n) is 13.3. The van der Waals surface area contributed by atoms with Gasteiger partial charge in [-0.2, -0.15) is 0 Å². The Hall–Kier alpha value is -6.84. The van der Waals surface area contributed by atoms with Gasteiger partial charge in [-0.05, 0) is 75.5 Å². The highest BCUT2D eigenvalue weighted by atomic mass is 16.3. The summed E-state index contributed by atoms with van der Waals surface area (Å²) in [4.78, 5) is 2.49. The summed E-state index contributed by atoms with van der Waals surface area (Å²) < 4.78 is 8.95. The Balaban J connectivity index is 1.35. The van der Waals surface area contributed by atoms with Crippen molar-refractivity contribution in [3.8, 4) is 5.69 Å². The number of aromatic nitrogens is 1. The number of hydrogen-bond donors (Lipinski definition) is 0. The van der Waals surface area contributed by atoms with Crippen LogP contribution < -0.4 is 4.90 Å². The lowest BCUT2D eigenvalue weighted by atomic mass is 9.94. The van der Waals surface area contributed by atoms with E-state index < -0.39 is 0 Å². The molecule has 0 fully saturated rings. The second kappa shape index (κ2) is 10.8. The van der Waals surface area contributed by atoms with Crippen molar-refractivity contribution >= 4 is 93.1 Å². The van der Waals surface area contributed by atoms with Crippen LogP contribution in [0.3, 0.4) is 0 Å². The molecule has 0 saturated carbocycles. The number of furan rings is 1. The molecule has 0 radical (unpaired) electrons. The summed E-state index contributed by atoms with van der Waals surface area (Å²) in [5.74, 6) is 0. The molecule has 0 bridgehead atoms. The molecule has 11 aromatic rings. The molecule has 9 aromatic carbocycles. The molecule has 0 N–H and O–H groups in total. The Morgan fingerprint density at radius 2 is 1.00 bits per heavy atom. The van der Waals surface area contributed by atoms with Crippen LogP contribution in [0.15, 0.2) is 186 Å². The Bertz CT molecular complexity index is 3150. The highest BCUT2D eigenvalue weighted by Gasteiger charge is 2.26. The first kappa shape index (κ1) is 28.0. The number of anilines is 3. The zero-order chi connectivity index (χ0) is 33.5. The first-order valence-corrected chi connectivity index (χ1v) is 17.4. The minimum absolute atomic E-state index is 0.866. The largest absolute Gasteiger partial charge is 0.456 e. The monoisotopic (exact) mass is 650 g/mol. The van der Waals surface area contributed by atoms with Crippen LogP contribution in [0.25, 0.3) is 81.7 Å². The summed E-state index contributed by atoms with van der Waals surface area (Å²) in [6, 6.07) is 65.6. The third-order valence-corrected chi connectivity index (χ3v) is 10.5. The molecular formula is C48H30N2O. The van der Waals surface area contributed by atoms with Crippen molar-refractivity contribution in [3.05, 3.63) is 182 Å². The predicted molar refractivity (Wildman–Crippen MR) is 215 cm³/mol. The van der Waals surface area contributed by atoms with Gasteiger partial charge in [-0.15, -0.1) is 0 Å². The van der Waals surface area contributed by atoms with Gasteiger partial charge >= 0.3 is 0 Å². The van der Waals surface area contributed by atoms with Crippen molar-refractivity contribution in [1.29, 1.82) is 0 Å². The minimum Gasteiger partial charge on any atom is -0.456 e. The highest BCUT2D eigenvalue weighted by molar-refractivity contribution is 6.25. The van der Waals surface area contributed by atoms with Crippen LogP contribution >= 0.6 is 0 Å². The molecule has 2 heterocycles. The van der Waals surface area contributed by atoms with Crippen LogP contribution in [-0.4, -0.2) is 4.57 Å². The van der Waals surface area contributed by atoms with E-state index >= 15 is 0 Å². The van der Waals surface area contributed by atoms with Gasteiger partial charge < -0.3 is 13.9 Å². The van der Waals surface area contributed by atoms with Gasteiger partial charge in [0.2, 0.25) is 0 Å². The van der Waals surface area contributed by atoms with Gasteiger partial charge in [0.1, 0.15) is 11.2 Å². The number of para-hydroxylation sites is 4. The smallest absolute Gasteiger partial charge is 0.137 e. The van der Waals surface area contributed by atoms with E-state index in [-0.39, 0.29) is 0 Å². The van der Waals surface area contributed by atoms with Crippen molar-refractivity contribution in [2.45, 2.75) is 0 Å². The maximum Gasteiger partial charge on any atom is 0.137 e. The SMILES string of the molecule is c1ccc(-n2c3ccccc3c3cccc(N(c4cc5ccc6ccccc6c5c5ccccc45)c4cccc5oc6ccccc6c45)c32)cc1.